The number of imidazole rings is 1. The molecule has 22 heavy (non-hydrogen) atoms. The Morgan fingerprint density at radius 3 is 2.91 bits per heavy atom. The predicted molar refractivity (Wildman–Crippen MR) is 79.3 cm³/mol. The maximum Gasteiger partial charge on any atom is 0.310 e. The summed E-state index contributed by atoms with van der Waals surface area (Å²) in [7, 11) is 1.34. The number of fused-ring (bicyclic) bond motifs is 1. The maximum atomic E-state index is 13.7. The summed E-state index contributed by atoms with van der Waals surface area (Å²) in [6.07, 6.45) is 5.05. The molecule has 112 valence electrons. The fourth-order valence-corrected chi connectivity index (χ4v) is 2.49. The van der Waals surface area contributed by atoms with Crippen LogP contribution in [0, 0.1) is 12.7 Å². The molecular formula is C16H14FN3O2. The number of rotatable bonds is 3. The van der Waals surface area contributed by atoms with Gasteiger partial charge in [-0.3, -0.25) is 9.78 Å². The van der Waals surface area contributed by atoms with Crippen molar-refractivity contribution >= 4 is 16.9 Å². The van der Waals surface area contributed by atoms with Crippen LogP contribution in [-0.2, 0) is 16.0 Å². The third-order valence-corrected chi connectivity index (χ3v) is 3.54. The molecule has 0 atom stereocenters. The number of methoxy groups -OCH3 is 1. The third-order valence-electron chi connectivity index (χ3n) is 3.54. The van der Waals surface area contributed by atoms with Crippen LogP contribution in [0.1, 0.15) is 11.3 Å². The molecule has 0 bridgehead atoms. The number of aromatic nitrogens is 3. The van der Waals surface area contributed by atoms with E-state index < -0.39 is 0 Å². The predicted octanol–water partition coefficient (Wildman–Crippen LogP) is 2.58. The zero-order chi connectivity index (χ0) is 15.7. The molecule has 2 heterocycles. The monoisotopic (exact) mass is 299 g/mol. The van der Waals surface area contributed by atoms with E-state index in [2.05, 4.69) is 9.97 Å². The highest BCUT2D eigenvalue weighted by Crippen LogP contribution is 2.28. The van der Waals surface area contributed by atoms with Crippen LogP contribution in [-0.4, -0.2) is 27.6 Å². The smallest absolute Gasteiger partial charge is 0.310 e. The van der Waals surface area contributed by atoms with Crippen LogP contribution in [0.2, 0.25) is 0 Å². The lowest BCUT2D eigenvalue weighted by atomic mass is 10.0. The van der Waals surface area contributed by atoms with Crippen LogP contribution in [0.4, 0.5) is 4.39 Å². The van der Waals surface area contributed by atoms with Gasteiger partial charge < -0.3 is 9.30 Å². The van der Waals surface area contributed by atoms with Crippen molar-refractivity contribution in [3.05, 3.63) is 54.0 Å². The second-order valence-corrected chi connectivity index (χ2v) is 4.91. The van der Waals surface area contributed by atoms with Crippen molar-refractivity contribution in [3.63, 3.8) is 0 Å². The summed E-state index contributed by atoms with van der Waals surface area (Å²) in [6.45, 7) is 1.82. The molecule has 0 amide bonds. The number of esters is 1. The first-order valence-corrected chi connectivity index (χ1v) is 6.74. The Balaban J connectivity index is 2.35. The topological polar surface area (TPSA) is 57.0 Å². The fraction of sp³-hybridized carbons (Fsp3) is 0.188. The molecule has 5 nitrogen and oxygen atoms in total. The molecule has 0 fully saturated rings. The van der Waals surface area contributed by atoms with Gasteiger partial charge in [-0.25, -0.2) is 9.37 Å². The summed E-state index contributed by atoms with van der Waals surface area (Å²) in [5, 5.41) is 0.627. The summed E-state index contributed by atoms with van der Waals surface area (Å²) < 4.78 is 20.2. The van der Waals surface area contributed by atoms with Crippen molar-refractivity contribution in [2.24, 2.45) is 0 Å². The van der Waals surface area contributed by atoms with Crippen molar-refractivity contribution in [2.75, 3.05) is 7.11 Å². The molecule has 6 heteroatoms. The molecule has 0 spiro atoms. The molecule has 0 radical (unpaired) electrons. The fourth-order valence-electron chi connectivity index (χ4n) is 2.49. The van der Waals surface area contributed by atoms with Crippen molar-refractivity contribution in [1.29, 1.82) is 0 Å². The Morgan fingerprint density at radius 1 is 1.41 bits per heavy atom. The van der Waals surface area contributed by atoms with Gasteiger partial charge in [0.1, 0.15) is 5.82 Å². The molecule has 2 aromatic heterocycles. The summed E-state index contributed by atoms with van der Waals surface area (Å²) >= 11 is 0. The number of halogens is 1. The first-order chi connectivity index (χ1) is 10.6. The lowest BCUT2D eigenvalue weighted by Gasteiger charge is -2.15. The number of hydrogen-bond acceptors (Lipinski definition) is 4. The number of hydrogen-bond donors (Lipinski definition) is 0. The molecule has 0 aliphatic carbocycles. The van der Waals surface area contributed by atoms with Gasteiger partial charge in [-0.05, 0) is 25.1 Å². The van der Waals surface area contributed by atoms with E-state index in [1.807, 2.05) is 6.92 Å². The minimum atomic E-state index is -0.373. The van der Waals surface area contributed by atoms with Crippen LogP contribution in [0.25, 0.3) is 16.6 Å². The molecule has 0 aliphatic heterocycles. The zero-order valence-corrected chi connectivity index (χ0v) is 12.2. The largest absolute Gasteiger partial charge is 0.469 e. The Morgan fingerprint density at radius 2 is 2.23 bits per heavy atom. The van der Waals surface area contributed by atoms with Crippen LogP contribution < -0.4 is 0 Å². The van der Waals surface area contributed by atoms with Gasteiger partial charge >= 0.3 is 5.97 Å². The Kier molecular flexibility index (Phi) is 3.58. The number of carbonyl (C=O) groups excluding carboxylic acids is 1. The molecule has 3 aromatic rings. The Hall–Kier alpha value is -2.76. The molecular weight excluding hydrogens is 285 g/mol. The number of aryl methyl sites for hydroxylation is 1. The quantitative estimate of drug-likeness (QED) is 0.698. The third kappa shape index (κ3) is 2.43. The Labute approximate surface area is 126 Å². The van der Waals surface area contributed by atoms with E-state index in [-0.39, 0.29) is 18.2 Å². The van der Waals surface area contributed by atoms with Gasteiger partial charge in [-0.2, -0.15) is 0 Å². The second kappa shape index (κ2) is 5.55. The molecule has 3 rings (SSSR count). The van der Waals surface area contributed by atoms with Crippen molar-refractivity contribution in [1.82, 2.24) is 14.5 Å². The van der Waals surface area contributed by atoms with E-state index in [0.29, 0.717) is 27.8 Å². The van der Waals surface area contributed by atoms with E-state index in [4.69, 9.17) is 4.74 Å². The summed E-state index contributed by atoms with van der Waals surface area (Å²) in [5.74, 6) is -0.731. The molecule has 0 N–H and O–H groups in total. The second-order valence-electron chi connectivity index (χ2n) is 4.91. The standard InChI is InChI=1S/C16H14FN3O2/c1-10-12(8-15(21)22-2)16(20-6-5-18-9-20)13-7-11(17)3-4-14(13)19-10/h3-7,9H,8H2,1-2H3. The molecule has 0 saturated carbocycles. The SMILES string of the molecule is COC(=O)Cc1c(C)nc2ccc(F)cc2c1-n1ccnc1. The zero-order valence-electron chi connectivity index (χ0n) is 12.2. The highest BCUT2D eigenvalue weighted by Gasteiger charge is 2.17. The molecule has 0 unspecified atom stereocenters. The maximum absolute atomic E-state index is 13.7. The van der Waals surface area contributed by atoms with E-state index in [1.165, 1.54) is 19.2 Å². The highest BCUT2D eigenvalue weighted by molar-refractivity contribution is 5.90. The lowest BCUT2D eigenvalue weighted by molar-refractivity contribution is -0.139. The van der Waals surface area contributed by atoms with Crippen LogP contribution in [0.5, 0.6) is 0 Å². The average molecular weight is 299 g/mol. The van der Waals surface area contributed by atoms with E-state index in [1.54, 1.807) is 29.4 Å². The first kappa shape index (κ1) is 14.2. The minimum absolute atomic E-state index is 0.0648. The first-order valence-electron chi connectivity index (χ1n) is 6.74. The van der Waals surface area contributed by atoms with Gasteiger partial charge in [0.05, 0.1) is 31.1 Å². The van der Waals surface area contributed by atoms with E-state index in [9.17, 15) is 9.18 Å². The van der Waals surface area contributed by atoms with Crippen LogP contribution in [0.15, 0.2) is 36.9 Å². The van der Waals surface area contributed by atoms with E-state index in [0.717, 1.165) is 0 Å². The van der Waals surface area contributed by atoms with Gasteiger partial charge in [0.2, 0.25) is 0 Å². The summed E-state index contributed by atoms with van der Waals surface area (Å²) in [5.41, 5.74) is 2.76. The normalized spacial score (nSPS) is 10.9. The lowest BCUT2D eigenvalue weighted by Crippen LogP contribution is -2.11. The number of nitrogens with zero attached hydrogens (tertiary/aromatic N) is 3. The van der Waals surface area contributed by atoms with Crippen LogP contribution >= 0.6 is 0 Å². The summed E-state index contributed by atoms with van der Waals surface area (Å²) in [6, 6.07) is 4.41. The molecule has 0 aliphatic rings. The van der Waals surface area contributed by atoms with Crippen molar-refractivity contribution in [2.45, 2.75) is 13.3 Å². The van der Waals surface area contributed by atoms with Gasteiger partial charge in [0.25, 0.3) is 0 Å². The minimum Gasteiger partial charge on any atom is -0.469 e. The molecule has 0 saturated heterocycles. The van der Waals surface area contributed by atoms with Gasteiger partial charge in [-0.1, -0.05) is 0 Å². The summed E-state index contributed by atoms with van der Waals surface area (Å²) in [4.78, 5) is 20.2. The number of ether oxygens (including phenoxy) is 1. The highest BCUT2D eigenvalue weighted by atomic mass is 19.1. The van der Waals surface area contributed by atoms with Gasteiger partial charge in [-0.15, -0.1) is 0 Å². The number of pyridine rings is 1. The Bertz CT molecular complexity index is 844. The number of carbonyl (C=O) groups is 1. The van der Waals surface area contributed by atoms with Gasteiger partial charge in [0, 0.05) is 29.0 Å². The number of benzene rings is 1. The van der Waals surface area contributed by atoms with E-state index >= 15 is 0 Å². The molecule has 1 aromatic carbocycles. The van der Waals surface area contributed by atoms with Gasteiger partial charge in [0.15, 0.2) is 0 Å². The average Bonchev–Trinajstić information content (AvgIpc) is 3.02. The van der Waals surface area contributed by atoms with Crippen molar-refractivity contribution in [3.8, 4) is 5.69 Å². The van der Waals surface area contributed by atoms with Crippen molar-refractivity contribution < 1.29 is 13.9 Å². The van der Waals surface area contributed by atoms with Crippen LogP contribution in [0.3, 0.4) is 0 Å².